The molecule has 0 bridgehead atoms. The van der Waals surface area contributed by atoms with Gasteiger partial charge in [0, 0.05) is 11.9 Å². The summed E-state index contributed by atoms with van der Waals surface area (Å²) >= 11 is 1.68. The standard InChI is InChI=1S/C13H15N5O3S/c1-8-2-5-14-12-15-9(17-18(8)12)10(19)16-13(11(20)21)3-6-22-7-4-13/h2,5H,3-4,6-7H2,1H3,(H,16,19)(H,20,21). The van der Waals surface area contributed by atoms with Gasteiger partial charge in [0.25, 0.3) is 11.7 Å². The Balaban J connectivity index is 1.88. The molecular weight excluding hydrogens is 306 g/mol. The number of carboxylic acids is 1. The first kappa shape index (κ1) is 14.8. The maximum absolute atomic E-state index is 12.4. The molecule has 0 radical (unpaired) electrons. The van der Waals surface area contributed by atoms with Crippen molar-refractivity contribution in [1.82, 2.24) is 24.9 Å². The van der Waals surface area contributed by atoms with Gasteiger partial charge in [0.15, 0.2) is 0 Å². The van der Waals surface area contributed by atoms with E-state index >= 15 is 0 Å². The van der Waals surface area contributed by atoms with Crippen LogP contribution in [0.1, 0.15) is 29.2 Å². The van der Waals surface area contributed by atoms with E-state index in [4.69, 9.17) is 0 Å². The summed E-state index contributed by atoms with van der Waals surface area (Å²) in [5.41, 5.74) is -0.444. The third-order valence-electron chi connectivity index (χ3n) is 3.74. The summed E-state index contributed by atoms with van der Waals surface area (Å²) in [7, 11) is 0. The normalized spacial score (nSPS) is 17.3. The zero-order chi connectivity index (χ0) is 15.7. The number of amides is 1. The number of rotatable bonds is 3. The fraction of sp³-hybridized carbons (Fsp3) is 0.462. The Bertz CT molecular complexity index is 738. The molecule has 3 heterocycles. The lowest BCUT2D eigenvalue weighted by Crippen LogP contribution is -2.56. The van der Waals surface area contributed by atoms with Gasteiger partial charge >= 0.3 is 5.97 Å². The molecule has 9 heteroatoms. The highest BCUT2D eigenvalue weighted by Crippen LogP contribution is 2.27. The van der Waals surface area contributed by atoms with E-state index in [1.54, 1.807) is 24.0 Å². The highest BCUT2D eigenvalue weighted by atomic mass is 32.2. The lowest BCUT2D eigenvalue weighted by molar-refractivity contribution is -0.144. The molecular formula is C13H15N5O3S. The maximum atomic E-state index is 12.4. The molecule has 0 saturated carbocycles. The second kappa shape index (κ2) is 5.56. The van der Waals surface area contributed by atoms with E-state index in [0.717, 1.165) is 5.69 Å². The van der Waals surface area contributed by atoms with Gasteiger partial charge in [0.2, 0.25) is 5.82 Å². The molecule has 2 N–H and O–H groups in total. The fourth-order valence-corrected chi connectivity index (χ4v) is 3.58. The number of carboxylic acid groups (broad SMARTS) is 1. The molecule has 1 aliphatic rings. The van der Waals surface area contributed by atoms with Gasteiger partial charge in [-0.15, -0.1) is 5.10 Å². The number of aryl methyl sites for hydroxylation is 1. The molecule has 1 aliphatic heterocycles. The monoisotopic (exact) mass is 321 g/mol. The Hall–Kier alpha value is -2.16. The third-order valence-corrected chi connectivity index (χ3v) is 4.73. The highest BCUT2D eigenvalue weighted by molar-refractivity contribution is 7.99. The Morgan fingerprint density at radius 3 is 2.77 bits per heavy atom. The van der Waals surface area contributed by atoms with Crippen molar-refractivity contribution in [2.75, 3.05) is 11.5 Å². The molecule has 2 aromatic rings. The molecule has 0 atom stereocenters. The molecule has 8 nitrogen and oxygen atoms in total. The van der Waals surface area contributed by atoms with E-state index in [1.807, 2.05) is 6.92 Å². The second-order valence-corrected chi connectivity index (χ2v) is 6.41. The van der Waals surface area contributed by atoms with E-state index in [1.165, 1.54) is 4.52 Å². The van der Waals surface area contributed by atoms with Crippen LogP contribution in [0.4, 0.5) is 0 Å². The van der Waals surface area contributed by atoms with E-state index in [2.05, 4.69) is 20.4 Å². The summed E-state index contributed by atoms with van der Waals surface area (Å²) in [4.78, 5) is 32.0. The first-order valence-corrected chi connectivity index (χ1v) is 7.99. The second-order valence-electron chi connectivity index (χ2n) is 5.19. The van der Waals surface area contributed by atoms with E-state index < -0.39 is 17.4 Å². The number of aromatic nitrogens is 4. The quantitative estimate of drug-likeness (QED) is 0.847. The molecule has 0 aromatic carbocycles. The van der Waals surface area contributed by atoms with Crippen molar-refractivity contribution in [3.63, 3.8) is 0 Å². The van der Waals surface area contributed by atoms with Gasteiger partial charge in [-0.1, -0.05) is 0 Å². The topological polar surface area (TPSA) is 109 Å². The van der Waals surface area contributed by atoms with Gasteiger partial charge in [0.1, 0.15) is 5.54 Å². The van der Waals surface area contributed by atoms with Crippen LogP contribution in [-0.2, 0) is 4.79 Å². The smallest absolute Gasteiger partial charge is 0.329 e. The van der Waals surface area contributed by atoms with Crippen LogP contribution in [0, 0.1) is 6.92 Å². The largest absolute Gasteiger partial charge is 0.480 e. The zero-order valence-electron chi connectivity index (χ0n) is 11.9. The van der Waals surface area contributed by atoms with Crippen molar-refractivity contribution in [2.45, 2.75) is 25.3 Å². The maximum Gasteiger partial charge on any atom is 0.329 e. The molecule has 0 spiro atoms. The van der Waals surface area contributed by atoms with Crippen molar-refractivity contribution in [2.24, 2.45) is 0 Å². The predicted octanol–water partition coefficient (Wildman–Crippen LogP) is 0.513. The van der Waals surface area contributed by atoms with Crippen LogP contribution < -0.4 is 5.32 Å². The van der Waals surface area contributed by atoms with Crippen LogP contribution in [0.15, 0.2) is 12.3 Å². The molecule has 116 valence electrons. The molecule has 0 unspecified atom stereocenters. The number of nitrogens with zero attached hydrogens (tertiary/aromatic N) is 4. The summed E-state index contributed by atoms with van der Waals surface area (Å²) in [5, 5.41) is 16.2. The number of thioether (sulfide) groups is 1. The molecule has 22 heavy (non-hydrogen) atoms. The van der Waals surface area contributed by atoms with Gasteiger partial charge in [-0.25, -0.2) is 14.3 Å². The Morgan fingerprint density at radius 2 is 2.14 bits per heavy atom. The number of carbonyl (C=O) groups excluding carboxylic acids is 1. The summed E-state index contributed by atoms with van der Waals surface area (Å²) in [5.74, 6) is 0.0466. The van der Waals surface area contributed by atoms with Crippen LogP contribution in [0.3, 0.4) is 0 Å². The minimum Gasteiger partial charge on any atom is -0.480 e. The van der Waals surface area contributed by atoms with Crippen LogP contribution in [0.5, 0.6) is 0 Å². The zero-order valence-corrected chi connectivity index (χ0v) is 12.8. The van der Waals surface area contributed by atoms with Crippen molar-refractivity contribution in [1.29, 1.82) is 0 Å². The van der Waals surface area contributed by atoms with Crippen LogP contribution in [0.2, 0.25) is 0 Å². The number of hydrogen-bond acceptors (Lipinski definition) is 6. The highest BCUT2D eigenvalue weighted by Gasteiger charge is 2.42. The number of hydrogen-bond donors (Lipinski definition) is 2. The van der Waals surface area contributed by atoms with Crippen molar-refractivity contribution in [3.8, 4) is 0 Å². The van der Waals surface area contributed by atoms with E-state index in [9.17, 15) is 14.7 Å². The third kappa shape index (κ3) is 2.52. The number of aliphatic carboxylic acids is 1. The lowest BCUT2D eigenvalue weighted by atomic mass is 9.92. The molecule has 1 fully saturated rings. The Morgan fingerprint density at radius 1 is 1.41 bits per heavy atom. The first-order valence-electron chi connectivity index (χ1n) is 6.84. The average molecular weight is 321 g/mol. The van der Waals surface area contributed by atoms with E-state index in [-0.39, 0.29) is 5.82 Å². The minimum atomic E-state index is -1.23. The molecule has 1 amide bonds. The molecule has 2 aromatic heterocycles. The van der Waals surface area contributed by atoms with Crippen molar-refractivity contribution < 1.29 is 14.7 Å². The SMILES string of the molecule is Cc1ccnc2nc(C(=O)NC3(C(=O)O)CCSCC3)nn12. The van der Waals surface area contributed by atoms with Gasteiger partial charge in [0.05, 0.1) is 0 Å². The Labute approximate surface area is 130 Å². The summed E-state index contributed by atoms with van der Waals surface area (Å²) in [6.07, 6.45) is 2.37. The van der Waals surface area contributed by atoms with Gasteiger partial charge in [-0.05, 0) is 37.3 Å². The average Bonchev–Trinajstić information content (AvgIpc) is 2.94. The fourth-order valence-electron chi connectivity index (χ4n) is 2.39. The molecule has 0 aliphatic carbocycles. The first-order chi connectivity index (χ1) is 10.5. The predicted molar refractivity (Wildman–Crippen MR) is 79.9 cm³/mol. The van der Waals surface area contributed by atoms with Crippen molar-refractivity contribution >= 4 is 29.4 Å². The van der Waals surface area contributed by atoms with Crippen LogP contribution >= 0.6 is 11.8 Å². The summed E-state index contributed by atoms with van der Waals surface area (Å²) in [6.45, 7) is 1.82. The molecule has 1 saturated heterocycles. The van der Waals surface area contributed by atoms with Gasteiger partial charge in [-0.3, -0.25) is 4.79 Å². The number of nitrogens with one attached hydrogen (secondary N) is 1. The van der Waals surface area contributed by atoms with E-state index in [0.29, 0.717) is 30.1 Å². The van der Waals surface area contributed by atoms with Crippen molar-refractivity contribution in [3.05, 3.63) is 23.8 Å². The lowest BCUT2D eigenvalue weighted by Gasteiger charge is -2.33. The van der Waals surface area contributed by atoms with Crippen LogP contribution in [-0.4, -0.2) is 53.6 Å². The van der Waals surface area contributed by atoms with Gasteiger partial charge in [-0.2, -0.15) is 16.7 Å². The van der Waals surface area contributed by atoms with Crippen LogP contribution in [0.25, 0.3) is 5.78 Å². The number of fused-ring (bicyclic) bond motifs is 1. The molecule has 3 rings (SSSR count). The van der Waals surface area contributed by atoms with Gasteiger partial charge < -0.3 is 10.4 Å². The summed E-state index contributed by atoms with van der Waals surface area (Å²) in [6, 6.07) is 1.75. The summed E-state index contributed by atoms with van der Waals surface area (Å²) < 4.78 is 1.46. The Kier molecular flexibility index (Phi) is 3.73. The number of carbonyl (C=O) groups is 2. The minimum absolute atomic E-state index is 0.0688.